The van der Waals surface area contributed by atoms with Gasteiger partial charge in [0.05, 0.1) is 12.7 Å². The van der Waals surface area contributed by atoms with Crippen LogP contribution in [-0.4, -0.2) is 26.4 Å². The Morgan fingerprint density at radius 1 is 1.45 bits per heavy atom. The minimum atomic E-state index is 0.366. The van der Waals surface area contributed by atoms with Crippen LogP contribution < -0.4 is 0 Å². The lowest BCUT2D eigenvalue weighted by Gasteiger charge is -2.05. The van der Waals surface area contributed by atoms with Crippen molar-refractivity contribution in [3.05, 3.63) is 0 Å². The monoisotopic (exact) mass is 160 g/mol. The highest BCUT2D eigenvalue weighted by Gasteiger charge is 2.21. The van der Waals surface area contributed by atoms with Gasteiger partial charge >= 0.3 is 0 Å². The number of ether oxygens (including phenoxy) is 2. The molecule has 0 radical (unpaired) electrons. The van der Waals surface area contributed by atoms with Crippen molar-refractivity contribution in [3.8, 4) is 0 Å². The van der Waals surface area contributed by atoms with Crippen LogP contribution >= 0.6 is 0 Å². The average Bonchev–Trinajstić information content (AvgIpc) is 2.41. The molecule has 1 fully saturated rings. The molecule has 1 rings (SSSR count). The van der Waals surface area contributed by atoms with Crippen molar-refractivity contribution in [1.29, 1.82) is 0 Å². The van der Waals surface area contributed by atoms with Gasteiger partial charge in [-0.2, -0.15) is 0 Å². The molecule has 1 saturated heterocycles. The smallest absolute Gasteiger partial charge is 0.0811 e. The molecule has 0 bridgehead atoms. The molecule has 2 unspecified atom stereocenters. The lowest BCUT2D eigenvalue weighted by Crippen LogP contribution is -2.12. The van der Waals surface area contributed by atoms with Crippen LogP contribution in [0.5, 0.6) is 0 Å². The minimum absolute atomic E-state index is 0.366. The Hall–Kier alpha value is -0.0800. The Balaban J connectivity index is 0.000000461. The molecule has 0 aromatic heterocycles. The van der Waals surface area contributed by atoms with Gasteiger partial charge in [0.2, 0.25) is 0 Å². The molecule has 1 aliphatic heterocycles. The summed E-state index contributed by atoms with van der Waals surface area (Å²) < 4.78 is 10.3. The summed E-state index contributed by atoms with van der Waals surface area (Å²) in [6.45, 7) is 7.87. The summed E-state index contributed by atoms with van der Waals surface area (Å²) in [4.78, 5) is 0. The second kappa shape index (κ2) is 6.62. The topological polar surface area (TPSA) is 18.5 Å². The van der Waals surface area contributed by atoms with Crippen molar-refractivity contribution < 1.29 is 9.47 Å². The molecule has 0 aromatic rings. The van der Waals surface area contributed by atoms with Crippen LogP contribution in [0.2, 0.25) is 0 Å². The molecule has 2 nitrogen and oxygen atoms in total. The molecule has 1 aliphatic rings. The van der Waals surface area contributed by atoms with Crippen molar-refractivity contribution in [1.82, 2.24) is 0 Å². The minimum Gasteiger partial charge on any atom is -0.382 e. The van der Waals surface area contributed by atoms with E-state index in [0.717, 1.165) is 25.6 Å². The third-order valence-corrected chi connectivity index (χ3v) is 1.63. The highest BCUT2D eigenvalue weighted by molar-refractivity contribution is 4.69. The average molecular weight is 160 g/mol. The van der Waals surface area contributed by atoms with Gasteiger partial charge in [-0.25, -0.2) is 0 Å². The molecule has 0 aromatic carbocycles. The van der Waals surface area contributed by atoms with Crippen LogP contribution in [0, 0.1) is 5.92 Å². The molecule has 0 spiro atoms. The predicted molar refractivity (Wildman–Crippen MR) is 46.7 cm³/mol. The van der Waals surface area contributed by atoms with E-state index in [9.17, 15) is 0 Å². The van der Waals surface area contributed by atoms with E-state index >= 15 is 0 Å². The Labute approximate surface area is 69.9 Å². The molecule has 2 atom stereocenters. The first-order valence-electron chi connectivity index (χ1n) is 4.43. The summed E-state index contributed by atoms with van der Waals surface area (Å²) in [5, 5.41) is 0. The van der Waals surface area contributed by atoms with E-state index in [1.807, 2.05) is 13.8 Å². The van der Waals surface area contributed by atoms with E-state index in [-0.39, 0.29) is 0 Å². The summed E-state index contributed by atoms with van der Waals surface area (Å²) in [6.07, 6.45) is 1.53. The van der Waals surface area contributed by atoms with E-state index in [1.165, 1.54) is 0 Å². The fourth-order valence-corrected chi connectivity index (χ4v) is 1.19. The molecular weight excluding hydrogens is 140 g/mol. The molecule has 0 aliphatic carbocycles. The number of hydrogen-bond acceptors (Lipinski definition) is 2. The normalized spacial score (nSPS) is 29.5. The molecule has 1 heterocycles. The van der Waals surface area contributed by atoms with Gasteiger partial charge < -0.3 is 9.47 Å². The van der Waals surface area contributed by atoms with Crippen LogP contribution in [0.4, 0.5) is 0 Å². The third-order valence-electron chi connectivity index (χ3n) is 1.63. The third kappa shape index (κ3) is 4.38. The van der Waals surface area contributed by atoms with E-state index in [1.54, 1.807) is 7.11 Å². The first-order valence-corrected chi connectivity index (χ1v) is 4.43. The molecule has 0 N–H and O–H groups in total. The number of methoxy groups -OCH3 is 1. The largest absolute Gasteiger partial charge is 0.382 e. The fourth-order valence-electron chi connectivity index (χ4n) is 1.19. The Morgan fingerprint density at radius 2 is 2.09 bits per heavy atom. The SMILES string of the molecule is CC.COCC1CC(C)CO1. The predicted octanol–water partition coefficient (Wildman–Crippen LogP) is 2.08. The molecule has 11 heavy (non-hydrogen) atoms. The van der Waals surface area contributed by atoms with Crippen molar-refractivity contribution in [2.24, 2.45) is 5.92 Å². The van der Waals surface area contributed by atoms with E-state index in [4.69, 9.17) is 9.47 Å². The number of rotatable bonds is 2. The Bertz CT molecular complexity index is 81.6. The highest BCUT2D eigenvalue weighted by Crippen LogP contribution is 2.18. The lowest BCUT2D eigenvalue weighted by atomic mass is 10.1. The van der Waals surface area contributed by atoms with Gasteiger partial charge in [-0.05, 0) is 12.3 Å². The highest BCUT2D eigenvalue weighted by atomic mass is 16.5. The maximum atomic E-state index is 5.38. The lowest BCUT2D eigenvalue weighted by molar-refractivity contribution is 0.0371. The summed E-state index contributed by atoms with van der Waals surface area (Å²) in [6, 6.07) is 0. The first kappa shape index (κ1) is 10.9. The summed E-state index contributed by atoms with van der Waals surface area (Å²) >= 11 is 0. The van der Waals surface area contributed by atoms with Crippen molar-refractivity contribution in [2.75, 3.05) is 20.3 Å². The van der Waals surface area contributed by atoms with Crippen LogP contribution in [-0.2, 0) is 9.47 Å². The molecular formula is C9H20O2. The van der Waals surface area contributed by atoms with Gasteiger partial charge in [-0.15, -0.1) is 0 Å². The zero-order valence-electron chi connectivity index (χ0n) is 8.09. The number of hydrogen-bond donors (Lipinski definition) is 0. The van der Waals surface area contributed by atoms with E-state index in [2.05, 4.69) is 6.92 Å². The van der Waals surface area contributed by atoms with Crippen molar-refractivity contribution in [3.63, 3.8) is 0 Å². The second-order valence-corrected chi connectivity index (χ2v) is 2.75. The van der Waals surface area contributed by atoms with Gasteiger partial charge in [-0.1, -0.05) is 20.8 Å². The van der Waals surface area contributed by atoms with Gasteiger partial charge in [0.25, 0.3) is 0 Å². The maximum Gasteiger partial charge on any atom is 0.0811 e. The van der Waals surface area contributed by atoms with Crippen LogP contribution in [0.25, 0.3) is 0 Å². The molecule has 0 amide bonds. The quantitative estimate of drug-likeness (QED) is 0.615. The fraction of sp³-hybridized carbons (Fsp3) is 1.00. The summed E-state index contributed by atoms with van der Waals surface area (Å²) in [7, 11) is 1.71. The van der Waals surface area contributed by atoms with Crippen LogP contribution in [0.1, 0.15) is 27.2 Å². The Kier molecular flexibility index (Phi) is 6.57. The van der Waals surface area contributed by atoms with Gasteiger partial charge in [-0.3, -0.25) is 0 Å². The Morgan fingerprint density at radius 3 is 2.45 bits per heavy atom. The van der Waals surface area contributed by atoms with Crippen molar-refractivity contribution >= 4 is 0 Å². The zero-order valence-corrected chi connectivity index (χ0v) is 8.09. The zero-order chi connectivity index (χ0) is 8.69. The van der Waals surface area contributed by atoms with Crippen molar-refractivity contribution in [2.45, 2.75) is 33.3 Å². The summed E-state index contributed by atoms with van der Waals surface area (Å²) in [5.41, 5.74) is 0. The van der Waals surface area contributed by atoms with Gasteiger partial charge in [0.15, 0.2) is 0 Å². The molecule has 0 saturated carbocycles. The van der Waals surface area contributed by atoms with Crippen LogP contribution in [0.3, 0.4) is 0 Å². The van der Waals surface area contributed by atoms with Crippen LogP contribution in [0.15, 0.2) is 0 Å². The van der Waals surface area contributed by atoms with Gasteiger partial charge in [0.1, 0.15) is 0 Å². The first-order chi connectivity index (χ1) is 5.33. The van der Waals surface area contributed by atoms with E-state index < -0.39 is 0 Å². The van der Waals surface area contributed by atoms with Gasteiger partial charge in [0, 0.05) is 13.7 Å². The maximum absolute atomic E-state index is 5.38. The standard InChI is InChI=1S/C7H14O2.C2H6/c1-6-3-7(5-8-2)9-4-6;1-2/h6-7H,3-5H2,1-2H3;1-2H3. The summed E-state index contributed by atoms with van der Waals surface area (Å²) in [5.74, 6) is 0.727. The molecule has 2 heteroatoms. The second-order valence-electron chi connectivity index (χ2n) is 2.75. The van der Waals surface area contributed by atoms with E-state index in [0.29, 0.717) is 6.10 Å². The molecule has 68 valence electrons.